The zero-order valence-corrected chi connectivity index (χ0v) is 17.5. The Morgan fingerprint density at radius 1 is 0.962 bits per heavy atom. The molecule has 152 valence electrons. The van der Waals surface area contributed by atoms with Crippen molar-refractivity contribution in [1.29, 1.82) is 0 Å². The van der Waals surface area contributed by atoms with Gasteiger partial charge < -0.3 is 20.1 Å². The van der Waals surface area contributed by atoms with Crippen molar-refractivity contribution in [2.75, 3.05) is 7.11 Å². The molecule has 7 heteroatoms. The minimum atomic E-state index is -0.599. The van der Waals surface area contributed by atoms with Gasteiger partial charge in [0.1, 0.15) is 5.60 Å². The maximum absolute atomic E-state index is 12.4. The van der Waals surface area contributed by atoms with E-state index in [0.29, 0.717) is 12.3 Å². The van der Waals surface area contributed by atoms with Crippen molar-refractivity contribution in [3.8, 4) is 0 Å². The number of nitrogens with one attached hydrogen (secondary N) is 2. The highest BCUT2D eigenvalue weighted by molar-refractivity contribution is 5.79. The fourth-order valence-electron chi connectivity index (χ4n) is 2.44. The minimum Gasteiger partial charge on any atom is -0.469 e. The zero-order valence-electron chi connectivity index (χ0n) is 17.5. The van der Waals surface area contributed by atoms with Gasteiger partial charge in [0.25, 0.3) is 0 Å². The van der Waals surface area contributed by atoms with Gasteiger partial charge in [0.2, 0.25) is 5.91 Å². The van der Waals surface area contributed by atoms with Crippen LogP contribution in [0.5, 0.6) is 0 Å². The summed E-state index contributed by atoms with van der Waals surface area (Å²) in [7, 11) is 1.32. The predicted octanol–water partition coefficient (Wildman–Crippen LogP) is 3.02. The van der Waals surface area contributed by atoms with Crippen molar-refractivity contribution < 1.29 is 23.9 Å². The third-order valence-electron chi connectivity index (χ3n) is 3.67. The molecule has 2 N–H and O–H groups in total. The Morgan fingerprint density at radius 3 is 1.96 bits per heavy atom. The molecule has 0 saturated carbocycles. The van der Waals surface area contributed by atoms with Gasteiger partial charge in [-0.1, -0.05) is 27.7 Å². The van der Waals surface area contributed by atoms with Gasteiger partial charge in [-0.2, -0.15) is 0 Å². The minimum absolute atomic E-state index is 0.0837. The predicted molar refractivity (Wildman–Crippen MR) is 101 cm³/mol. The fourth-order valence-corrected chi connectivity index (χ4v) is 2.44. The molecule has 0 spiro atoms. The highest BCUT2D eigenvalue weighted by Crippen LogP contribution is 2.13. The van der Waals surface area contributed by atoms with Crippen LogP contribution in [0.2, 0.25) is 0 Å². The molecule has 0 rings (SSSR count). The van der Waals surface area contributed by atoms with E-state index >= 15 is 0 Å². The summed E-state index contributed by atoms with van der Waals surface area (Å²) in [5.74, 6) is -0.192. The molecule has 0 radical (unpaired) electrons. The van der Waals surface area contributed by atoms with Crippen LogP contribution in [0, 0.1) is 11.8 Å². The summed E-state index contributed by atoms with van der Waals surface area (Å²) in [5.41, 5.74) is -0.599. The molecule has 0 aliphatic heterocycles. The number of alkyl carbamates (subject to hydrolysis) is 1. The molecule has 2 amide bonds. The molecule has 0 aromatic heterocycles. The van der Waals surface area contributed by atoms with E-state index < -0.39 is 11.7 Å². The summed E-state index contributed by atoms with van der Waals surface area (Å²) in [6, 6.07) is -0.646. The lowest BCUT2D eigenvalue weighted by Gasteiger charge is -2.26. The molecule has 0 bridgehead atoms. The summed E-state index contributed by atoms with van der Waals surface area (Å²) >= 11 is 0. The van der Waals surface area contributed by atoms with Gasteiger partial charge in [-0.05, 0) is 39.0 Å². The van der Waals surface area contributed by atoms with Crippen molar-refractivity contribution >= 4 is 18.0 Å². The molecule has 7 nitrogen and oxygen atoms in total. The van der Waals surface area contributed by atoms with Gasteiger partial charge in [-0.15, -0.1) is 0 Å². The number of esters is 1. The average molecular weight is 373 g/mol. The average Bonchev–Trinajstić information content (AvgIpc) is 2.42. The molecule has 0 heterocycles. The van der Waals surface area contributed by atoms with Crippen LogP contribution in [-0.2, 0) is 19.1 Å². The standard InChI is InChI=1S/C19H36N2O5/c1-12(2)9-14(20-18(24)26-19(5,6)7)10-16(22)21-15(13(3)4)11-17(23)25-8/h12-15H,9-11H2,1-8H3,(H,20,24)(H,21,22)/t14-,15+/m0/s1. The largest absolute Gasteiger partial charge is 0.469 e. The number of ether oxygens (including phenoxy) is 2. The normalized spacial score (nSPS) is 13.9. The molecule has 0 aliphatic carbocycles. The molecule has 2 atom stereocenters. The third kappa shape index (κ3) is 11.7. The number of carbonyl (C=O) groups excluding carboxylic acids is 3. The maximum atomic E-state index is 12.4. The molecule has 0 fully saturated rings. The van der Waals surface area contributed by atoms with E-state index in [1.54, 1.807) is 20.8 Å². The molecular formula is C19H36N2O5. The van der Waals surface area contributed by atoms with Gasteiger partial charge in [0.05, 0.1) is 13.5 Å². The molecule has 0 unspecified atom stereocenters. The molecule has 0 saturated heterocycles. The van der Waals surface area contributed by atoms with E-state index in [2.05, 4.69) is 15.4 Å². The monoisotopic (exact) mass is 372 g/mol. The van der Waals surface area contributed by atoms with Crippen LogP contribution in [0.25, 0.3) is 0 Å². The highest BCUT2D eigenvalue weighted by atomic mass is 16.6. The number of amides is 2. The number of rotatable bonds is 9. The lowest BCUT2D eigenvalue weighted by Crippen LogP contribution is -2.45. The summed E-state index contributed by atoms with van der Waals surface area (Å²) in [6.45, 7) is 13.3. The molecule has 26 heavy (non-hydrogen) atoms. The molecule has 0 aromatic rings. The first-order valence-corrected chi connectivity index (χ1v) is 9.19. The number of carbonyl (C=O) groups is 3. The van der Waals surface area contributed by atoms with E-state index in [1.165, 1.54) is 7.11 Å². The van der Waals surface area contributed by atoms with Crippen LogP contribution in [-0.4, -0.2) is 42.8 Å². The van der Waals surface area contributed by atoms with Crippen LogP contribution in [0.15, 0.2) is 0 Å². The van der Waals surface area contributed by atoms with Gasteiger partial charge in [0, 0.05) is 18.5 Å². The lowest BCUT2D eigenvalue weighted by atomic mass is 9.98. The second-order valence-electron chi connectivity index (χ2n) is 8.38. The Balaban J connectivity index is 4.84. The van der Waals surface area contributed by atoms with E-state index in [-0.39, 0.29) is 42.7 Å². The summed E-state index contributed by atoms with van der Waals surface area (Å²) in [5, 5.41) is 5.65. The van der Waals surface area contributed by atoms with Crippen LogP contribution in [0.4, 0.5) is 4.79 Å². The quantitative estimate of drug-likeness (QED) is 0.607. The third-order valence-corrected chi connectivity index (χ3v) is 3.67. The molecule has 0 aromatic carbocycles. The smallest absolute Gasteiger partial charge is 0.407 e. The fraction of sp³-hybridized carbons (Fsp3) is 0.842. The Kier molecular flexibility index (Phi) is 10.3. The van der Waals surface area contributed by atoms with Crippen molar-refractivity contribution in [1.82, 2.24) is 10.6 Å². The zero-order chi connectivity index (χ0) is 20.5. The van der Waals surface area contributed by atoms with Crippen LogP contribution >= 0.6 is 0 Å². The Morgan fingerprint density at radius 2 is 1.54 bits per heavy atom. The number of hydrogen-bond acceptors (Lipinski definition) is 5. The summed E-state index contributed by atoms with van der Waals surface area (Å²) in [4.78, 5) is 36.0. The van der Waals surface area contributed by atoms with E-state index in [4.69, 9.17) is 4.74 Å². The highest BCUT2D eigenvalue weighted by Gasteiger charge is 2.25. The van der Waals surface area contributed by atoms with Crippen molar-refractivity contribution in [2.45, 2.75) is 85.4 Å². The van der Waals surface area contributed by atoms with Crippen LogP contribution in [0.1, 0.15) is 67.7 Å². The first kappa shape index (κ1) is 24.2. The van der Waals surface area contributed by atoms with Crippen LogP contribution < -0.4 is 10.6 Å². The van der Waals surface area contributed by atoms with Gasteiger partial charge in [-0.3, -0.25) is 9.59 Å². The molecule has 0 aliphatic rings. The van der Waals surface area contributed by atoms with Gasteiger partial charge in [-0.25, -0.2) is 4.79 Å². The maximum Gasteiger partial charge on any atom is 0.407 e. The van der Waals surface area contributed by atoms with E-state index in [0.717, 1.165) is 0 Å². The van der Waals surface area contributed by atoms with Crippen molar-refractivity contribution in [3.63, 3.8) is 0 Å². The first-order chi connectivity index (χ1) is 11.8. The summed E-state index contributed by atoms with van der Waals surface area (Å²) in [6.07, 6.45) is 0.359. The molecular weight excluding hydrogens is 336 g/mol. The topological polar surface area (TPSA) is 93.7 Å². The van der Waals surface area contributed by atoms with Crippen molar-refractivity contribution in [3.05, 3.63) is 0 Å². The van der Waals surface area contributed by atoms with Crippen LogP contribution in [0.3, 0.4) is 0 Å². The lowest BCUT2D eigenvalue weighted by molar-refractivity contribution is -0.141. The number of hydrogen-bond donors (Lipinski definition) is 2. The number of methoxy groups -OCH3 is 1. The SMILES string of the molecule is COC(=O)C[C@@H](NC(=O)C[C@H](CC(C)C)NC(=O)OC(C)(C)C)C(C)C. The Labute approximate surface area is 157 Å². The van der Waals surface area contributed by atoms with Crippen molar-refractivity contribution in [2.24, 2.45) is 11.8 Å². The summed E-state index contributed by atoms with van der Waals surface area (Å²) < 4.78 is 9.96. The second-order valence-corrected chi connectivity index (χ2v) is 8.38. The van der Waals surface area contributed by atoms with Gasteiger partial charge in [0.15, 0.2) is 0 Å². The van der Waals surface area contributed by atoms with Gasteiger partial charge >= 0.3 is 12.1 Å². The van der Waals surface area contributed by atoms with E-state index in [9.17, 15) is 14.4 Å². The Bertz CT molecular complexity index is 469. The first-order valence-electron chi connectivity index (χ1n) is 9.19. The Hall–Kier alpha value is -1.79. The second kappa shape index (κ2) is 11.0. The van der Waals surface area contributed by atoms with E-state index in [1.807, 2.05) is 27.7 Å².